The van der Waals surface area contributed by atoms with Gasteiger partial charge in [-0.05, 0) is 36.8 Å². The molecule has 0 aliphatic heterocycles. The maximum absolute atomic E-state index is 5.83. The molecule has 0 unspecified atom stereocenters. The average molecular weight is 245 g/mol. The van der Waals surface area contributed by atoms with E-state index in [-0.39, 0.29) is 0 Å². The molecule has 0 fully saturated rings. The first kappa shape index (κ1) is 11.7. The topological polar surface area (TPSA) is 24.4 Å². The van der Waals surface area contributed by atoms with Crippen LogP contribution in [0.5, 0.6) is 0 Å². The molecule has 2 rings (SSSR count). The highest BCUT2D eigenvalue weighted by Crippen LogP contribution is 2.11. The lowest BCUT2D eigenvalue weighted by molar-refractivity contribution is 1.32. The highest BCUT2D eigenvalue weighted by molar-refractivity contribution is 6.30. The summed E-state index contributed by atoms with van der Waals surface area (Å²) < 4.78 is 0. The van der Waals surface area contributed by atoms with E-state index in [4.69, 9.17) is 11.6 Å². The second-order valence-electron chi connectivity index (χ2n) is 3.68. The Bertz CT molecular complexity index is 504. The summed E-state index contributed by atoms with van der Waals surface area (Å²) in [6.07, 6.45) is 0. The molecule has 2 nitrogen and oxygen atoms in total. The Kier molecular flexibility index (Phi) is 3.78. The van der Waals surface area contributed by atoms with Crippen LogP contribution in [0.2, 0.25) is 5.02 Å². The first-order valence-electron chi connectivity index (χ1n) is 5.37. The van der Waals surface area contributed by atoms with Gasteiger partial charge in [0.15, 0.2) is 0 Å². The fraction of sp³-hybridized carbons (Fsp3) is 0.0714. The molecule has 0 spiro atoms. The Balaban J connectivity index is 2.10. The van der Waals surface area contributed by atoms with E-state index < -0.39 is 0 Å². The number of hydrogen-bond acceptors (Lipinski definition) is 2. The number of benzene rings is 2. The van der Waals surface area contributed by atoms with Crippen molar-refractivity contribution >= 4 is 23.0 Å². The minimum atomic E-state index is 0.734. The van der Waals surface area contributed by atoms with Gasteiger partial charge in [-0.3, -0.25) is 5.43 Å². The molecule has 17 heavy (non-hydrogen) atoms. The van der Waals surface area contributed by atoms with Crippen molar-refractivity contribution in [2.24, 2.45) is 5.10 Å². The monoisotopic (exact) mass is 244 g/mol. The SMILES string of the molecule is C/C(=N/Nc1ccccc1)c1ccc(Cl)cc1. The molecule has 0 atom stereocenters. The predicted octanol–water partition coefficient (Wildman–Crippen LogP) is 4.18. The molecule has 2 aromatic carbocycles. The highest BCUT2D eigenvalue weighted by Gasteiger charge is 1.97. The van der Waals surface area contributed by atoms with Crippen LogP contribution in [-0.4, -0.2) is 5.71 Å². The van der Waals surface area contributed by atoms with Crippen molar-refractivity contribution in [3.8, 4) is 0 Å². The molecule has 0 aliphatic carbocycles. The smallest absolute Gasteiger partial charge is 0.0648 e. The van der Waals surface area contributed by atoms with E-state index in [9.17, 15) is 0 Å². The van der Waals surface area contributed by atoms with Crippen LogP contribution in [0.25, 0.3) is 0 Å². The Morgan fingerprint density at radius 1 is 1.00 bits per heavy atom. The standard InChI is InChI=1S/C14H13ClN2/c1-11(12-7-9-13(15)10-8-12)16-17-14-5-3-2-4-6-14/h2-10,17H,1H3/b16-11-. The molecule has 0 aliphatic rings. The summed E-state index contributed by atoms with van der Waals surface area (Å²) in [5.74, 6) is 0. The van der Waals surface area contributed by atoms with E-state index in [1.54, 1.807) is 0 Å². The summed E-state index contributed by atoms with van der Waals surface area (Å²) in [5.41, 5.74) is 5.96. The third-order valence-corrected chi connectivity index (χ3v) is 2.64. The Hall–Kier alpha value is -1.80. The number of hydrazone groups is 1. The summed E-state index contributed by atoms with van der Waals surface area (Å²) in [7, 11) is 0. The van der Waals surface area contributed by atoms with Crippen LogP contribution in [0, 0.1) is 0 Å². The molecule has 86 valence electrons. The van der Waals surface area contributed by atoms with Gasteiger partial charge in [-0.1, -0.05) is 41.9 Å². The first-order chi connectivity index (χ1) is 8.25. The molecule has 3 heteroatoms. The number of rotatable bonds is 3. The second kappa shape index (κ2) is 5.51. The molecule has 0 amide bonds. The summed E-state index contributed by atoms with van der Waals surface area (Å²) in [5, 5.41) is 5.05. The largest absolute Gasteiger partial charge is 0.278 e. The normalized spacial score (nSPS) is 11.3. The number of hydrogen-bond donors (Lipinski definition) is 1. The Morgan fingerprint density at radius 3 is 2.29 bits per heavy atom. The fourth-order valence-corrected chi connectivity index (χ4v) is 1.54. The van der Waals surface area contributed by atoms with Gasteiger partial charge in [0.25, 0.3) is 0 Å². The average Bonchev–Trinajstić information content (AvgIpc) is 2.38. The zero-order valence-corrected chi connectivity index (χ0v) is 10.3. The van der Waals surface area contributed by atoms with Gasteiger partial charge in [0, 0.05) is 5.02 Å². The maximum atomic E-state index is 5.83. The van der Waals surface area contributed by atoms with Crippen LogP contribution in [0.4, 0.5) is 5.69 Å². The van der Waals surface area contributed by atoms with Gasteiger partial charge < -0.3 is 0 Å². The van der Waals surface area contributed by atoms with Crippen molar-refractivity contribution in [3.05, 3.63) is 65.2 Å². The third kappa shape index (κ3) is 3.33. The second-order valence-corrected chi connectivity index (χ2v) is 4.12. The molecule has 0 aromatic heterocycles. The minimum absolute atomic E-state index is 0.734. The zero-order valence-electron chi connectivity index (χ0n) is 9.52. The van der Waals surface area contributed by atoms with Crippen molar-refractivity contribution in [3.63, 3.8) is 0 Å². The van der Waals surface area contributed by atoms with Gasteiger partial charge in [-0.25, -0.2) is 0 Å². The maximum Gasteiger partial charge on any atom is 0.0648 e. The lowest BCUT2D eigenvalue weighted by Gasteiger charge is -2.03. The van der Waals surface area contributed by atoms with Gasteiger partial charge in [-0.2, -0.15) is 5.10 Å². The van der Waals surface area contributed by atoms with Crippen LogP contribution in [-0.2, 0) is 0 Å². The predicted molar refractivity (Wildman–Crippen MR) is 73.7 cm³/mol. The van der Waals surface area contributed by atoms with E-state index in [1.807, 2.05) is 61.5 Å². The van der Waals surface area contributed by atoms with E-state index in [2.05, 4.69) is 10.5 Å². The molecule has 1 N–H and O–H groups in total. The van der Waals surface area contributed by atoms with Crippen LogP contribution < -0.4 is 5.43 Å². The summed E-state index contributed by atoms with van der Waals surface area (Å²) in [4.78, 5) is 0. The van der Waals surface area contributed by atoms with E-state index >= 15 is 0 Å². The first-order valence-corrected chi connectivity index (χ1v) is 5.75. The molecule has 0 heterocycles. The van der Waals surface area contributed by atoms with Gasteiger partial charge in [0.05, 0.1) is 11.4 Å². The summed E-state index contributed by atoms with van der Waals surface area (Å²) in [6, 6.07) is 17.5. The van der Waals surface area contributed by atoms with Crippen molar-refractivity contribution in [1.82, 2.24) is 0 Å². The van der Waals surface area contributed by atoms with Gasteiger partial charge >= 0.3 is 0 Å². The molecular weight excluding hydrogens is 232 g/mol. The summed E-state index contributed by atoms with van der Waals surface area (Å²) in [6.45, 7) is 1.96. The molecular formula is C14H13ClN2. The molecule has 0 bridgehead atoms. The van der Waals surface area contributed by atoms with Crippen molar-refractivity contribution < 1.29 is 0 Å². The third-order valence-electron chi connectivity index (χ3n) is 2.39. The van der Waals surface area contributed by atoms with Crippen LogP contribution >= 0.6 is 11.6 Å². The van der Waals surface area contributed by atoms with Gasteiger partial charge in [-0.15, -0.1) is 0 Å². The number of halogens is 1. The lowest BCUT2D eigenvalue weighted by Crippen LogP contribution is -1.99. The van der Waals surface area contributed by atoms with Crippen molar-refractivity contribution in [2.75, 3.05) is 5.43 Å². The van der Waals surface area contributed by atoms with Crippen molar-refractivity contribution in [2.45, 2.75) is 6.92 Å². The van der Waals surface area contributed by atoms with Gasteiger partial charge in [0.1, 0.15) is 0 Å². The molecule has 2 aromatic rings. The lowest BCUT2D eigenvalue weighted by atomic mass is 10.1. The van der Waals surface area contributed by atoms with Crippen LogP contribution in [0.3, 0.4) is 0 Å². The fourth-order valence-electron chi connectivity index (χ4n) is 1.42. The van der Waals surface area contributed by atoms with E-state index in [1.165, 1.54) is 0 Å². The number of nitrogens with one attached hydrogen (secondary N) is 1. The van der Waals surface area contributed by atoms with Gasteiger partial charge in [0.2, 0.25) is 0 Å². The number of anilines is 1. The quantitative estimate of drug-likeness (QED) is 0.636. The zero-order chi connectivity index (χ0) is 12.1. The molecule has 0 saturated carbocycles. The Morgan fingerprint density at radius 2 is 1.65 bits per heavy atom. The molecule has 0 radical (unpaired) electrons. The highest BCUT2D eigenvalue weighted by atomic mass is 35.5. The van der Waals surface area contributed by atoms with Crippen LogP contribution in [0.1, 0.15) is 12.5 Å². The van der Waals surface area contributed by atoms with E-state index in [0.29, 0.717) is 0 Å². The summed E-state index contributed by atoms with van der Waals surface area (Å²) >= 11 is 5.83. The molecule has 0 saturated heterocycles. The Labute approximate surface area is 106 Å². The number of nitrogens with zero attached hydrogens (tertiary/aromatic N) is 1. The van der Waals surface area contributed by atoms with Crippen LogP contribution in [0.15, 0.2) is 59.7 Å². The minimum Gasteiger partial charge on any atom is -0.278 e. The number of para-hydroxylation sites is 1. The van der Waals surface area contributed by atoms with Crippen molar-refractivity contribution in [1.29, 1.82) is 0 Å². The van der Waals surface area contributed by atoms with E-state index in [0.717, 1.165) is 22.0 Å².